The highest BCUT2D eigenvalue weighted by Crippen LogP contribution is 2.27. The number of hydrogen-bond donors (Lipinski definition) is 2. The van der Waals surface area contributed by atoms with Gasteiger partial charge in [0, 0.05) is 35.9 Å². The Kier molecular flexibility index (Phi) is 3.74. The fraction of sp³-hybridized carbons (Fsp3) is 0. The second-order valence-electron chi connectivity index (χ2n) is 4.94. The molecule has 0 atom stereocenters. The van der Waals surface area contributed by atoms with Crippen molar-refractivity contribution in [2.45, 2.75) is 10.3 Å². The van der Waals surface area contributed by atoms with E-state index >= 15 is 0 Å². The van der Waals surface area contributed by atoms with Crippen LogP contribution in [0.5, 0.6) is 0 Å². The van der Waals surface area contributed by atoms with Crippen molar-refractivity contribution in [2.75, 3.05) is 11.7 Å². The van der Waals surface area contributed by atoms with Gasteiger partial charge in [0.2, 0.25) is 10.3 Å². The van der Waals surface area contributed by atoms with E-state index < -0.39 is 0 Å². The van der Waals surface area contributed by atoms with E-state index in [0.29, 0.717) is 22.0 Å². The lowest BCUT2D eigenvalue weighted by Gasteiger charge is -2.04. The lowest BCUT2D eigenvalue weighted by Crippen LogP contribution is -2.14. The van der Waals surface area contributed by atoms with Gasteiger partial charge < -0.3 is 11.7 Å². The standard InChI is InChI=1S/C14H12N10S/c15-23-11(9-3-1-5-17-7-9)19-21-13(23)25-14-22-20-12(24(14)16)10-4-2-6-18-8-10/h1-8H,15-16H2. The molecular formula is C14H12N10S. The zero-order valence-corrected chi connectivity index (χ0v) is 13.6. The van der Waals surface area contributed by atoms with Gasteiger partial charge in [-0.05, 0) is 36.0 Å². The third-order valence-electron chi connectivity index (χ3n) is 3.35. The van der Waals surface area contributed by atoms with Crippen molar-refractivity contribution < 1.29 is 0 Å². The first-order chi connectivity index (χ1) is 12.2. The van der Waals surface area contributed by atoms with Gasteiger partial charge in [-0.3, -0.25) is 9.97 Å². The SMILES string of the molecule is Nn1c(Sc2nnc(-c3cccnc3)n2N)nnc1-c1cccnc1. The van der Waals surface area contributed by atoms with Crippen LogP contribution in [0.25, 0.3) is 22.8 Å². The van der Waals surface area contributed by atoms with E-state index in [1.54, 1.807) is 36.9 Å². The van der Waals surface area contributed by atoms with Gasteiger partial charge in [-0.15, -0.1) is 20.4 Å². The van der Waals surface area contributed by atoms with Gasteiger partial charge in [0.1, 0.15) is 0 Å². The number of nitrogens with two attached hydrogens (primary N) is 2. The summed E-state index contributed by atoms with van der Waals surface area (Å²) in [6.07, 6.45) is 6.67. The Morgan fingerprint density at radius 2 is 1.20 bits per heavy atom. The van der Waals surface area contributed by atoms with Crippen LogP contribution in [0.3, 0.4) is 0 Å². The van der Waals surface area contributed by atoms with Gasteiger partial charge in [0.25, 0.3) is 0 Å². The molecule has 0 radical (unpaired) electrons. The highest BCUT2D eigenvalue weighted by Gasteiger charge is 2.18. The molecule has 0 aliphatic rings. The first-order valence-electron chi connectivity index (χ1n) is 7.13. The number of nitrogens with zero attached hydrogens (tertiary/aromatic N) is 8. The summed E-state index contributed by atoms with van der Waals surface area (Å²) in [6, 6.07) is 7.29. The van der Waals surface area contributed by atoms with Crippen molar-refractivity contribution in [1.82, 2.24) is 39.7 Å². The third-order valence-corrected chi connectivity index (χ3v) is 4.27. The molecule has 4 aromatic rings. The van der Waals surface area contributed by atoms with E-state index in [1.807, 2.05) is 12.1 Å². The average molecular weight is 352 g/mol. The molecule has 0 spiro atoms. The van der Waals surface area contributed by atoms with E-state index in [1.165, 1.54) is 9.35 Å². The molecule has 0 aromatic carbocycles. The summed E-state index contributed by atoms with van der Waals surface area (Å²) in [5.41, 5.74) is 1.52. The van der Waals surface area contributed by atoms with Crippen LogP contribution in [-0.4, -0.2) is 39.7 Å². The van der Waals surface area contributed by atoms with Gasteiger partial charge in [-0.1, -0.05) is 0 Å². The number of nitrogen functional groups attached to an aromatic ring is 2. The van der Waals surface area contributed by atoms with Crippen LogP contribution >= 0.6 is 11.8 Å². The van der Waals surface area contributed by atoms with Gasteiger partial charge in [-0.2, -0.15) is 0 Å². The Morgan fingerprint density at radius 1 is 0.720 bits per heavy atom. The molecule has 0 saturated carbocycles. The highest BCUT2D eigenvalue weighted by atomic mass is 32.2. The maximum absolute atomic E-state index is 6.09. The van der Waals surface area contributed by atoms with Crippen molar-refractivity contribution >= 4 is 11.8 Å². The Hall–Kier alpha value is -3.47. The number of pyridine rings is 2. The summed E-state index contributed by atoms with van der Waals surface area (Å²) in [4.78, 5) is 8.10. The molecule has 4 rings (SSSR count). The van der Waals surface area contributed by atoms with Crippen molar-refractivity contribution in [3.05, 3.63) is 49.1 Å². The first kappa shape index (κ1) is 15.1. The van der Waals surface area contributed by atoms with Crippen LogP contribution in [0.1, 0.15) is 0 Å². The lowest BCUT2D eigenvalue weighted by molar-refractivity contribution is 0.814. The normalized spacial score (nSPS) is 10.9. The molecule has 0 bridgehead atoms. The monoisotopic (exact) mass is 352 g/mol. The van der Waals surface area contributed by atoms with Gasteiger partial charge in [-0.25, -0.2) is 9.35 Å². The summed E-state index contributed by atoms with van der Waals surface area (Å²) >= 11 is 1.16. The topological polar surface area (TPSA) is 139 Å². The van der Waals surface area contributed by atoms with Crippen LogP contribution in [-0.2, 0) is 0 Å². The largest absolute Gasteiger partial charge is 0.335 e. The lowest BCUT2D eigenvalue weighted by atomic mass is 10.3. The second-order valence-corrected chi connectivity index (χ2v) is 5.87. The summed E-state index contributed by atoms with van der Waals surface area (Å²) < 4.78 is 2.72. The van der Waals surface area contributed by atoms with E-state index in [0.717, 1.165) is 22.9 Å². The van der Waals surface area contributed by atoms with Gasteiger partial charge >= 0.3 is 0 Å². The van der Waals surface area contributed by atoms with Crippen LogP contribution < -0.4 is 11.7 Å². The molecule has 25 heavy (non-hydrogen) atoms. The summed E-state index contributed by atoms with van der Waals surface area (Å²) in [5, 5.41) is 17.2. The zero-order valence-electron chi connectivity index (χ0n) is 12.8. The summed E-state index contributed by atoms with van der Waals surface area (Å²) in [6.45, 7) is 0. The Morgan fingerprint density at radius 3 is 1.60 bits per heavy atom. The molecule has 4 aromatic heterocycles. The van der Waals surface area contributed by atoms with Crippen molar-refractivity contribution in [3.63, 3.8) is 0 Å². The maximum atomic E-state index is 6.09. The van der Waals surface area contributed by atoms with Gasteiger partial charge in [0.15, 0.2) is 11.6 Å². The van der Waals surface area contributed by atoms with Crippen molar-refractivity contribution in [3.8, 4) is 22.8 Å². The molecule has 124 valence electrons. The van der Waals surface area contributed by atoms with Crippen molar-refractivity contribution in [2.24, 2.45) is 0 Å². The zero-order chi connectivity index (χ0) is 17.2. The minimum Gasteiger partial charge on any atom is -0.335 e. The van der Waals surface area contributed by atoms with Crippen molar-refractivity contribution in [1.29, 1.82) is 0 Å². The average Bonchev–Trinajstić information content (AvgIpc) is 3.20. The second kappa shape index (κ2) is 6.20. The molecule has 0 aliphatic heterocycles. The first-order valence-corrected chi connectivity index (χ1v) is 7.95. The number of aromatic nitrogens is 8. The van der Waals surface area contributed by atoms with E-state index in [2.05, 4.69) is 30.4 Å². The maximum Gasteiger partial charge on any atom is 0.217 e. The fourth-order valence-corrected chi connectivity index (χ4v) is 2.85. The van der Waals surface area contributed by atoms with Crippen LogP contribution in [0.15, 0.2) is 59.4 Å². The number of hydrogen-bond acceptors (Lipinski definition) is 9. The third kappa shape index (κ3) is 2.76. The predicted molar refractivity (Wildman–Crippen MR) is 90.9 cm³/mol. The Bertz CT molecular complexity index is 913. The Balaban J connectivity index is 1.64. The minimum absolute atomic E-state index is 0.427. The Labute approximate surface area is 145 Å². The molecule has 0 amide bonds. The van der Waals surface area contributed by atoms with E-state index in [9.17, 15) is 0 Å². The summed E-state index contributed by atoms with van der Waals surface area (Å²) in [5.74, 6) is 13.2. The van der Waals surface area contributed by atoms with Crippen LogP contribution in [0.4, 0.5) is 0 Å². The molecule has 11 heteroatoms. The molecule has 0 unspecified atom stereocenters. The summed E-state index contributed by atoms with van der Waals surface area (Å²) in [7, 11) is 0. The quantitative estimate of drug-likeness (QED) is 0.504. The molecule has 4 heterocycles. The highest BCUT2D eigenvalue weighted by molar-refractivity contribution is 7.99. The van der Waals surface area contributed by atoms with E-state index in [4.69, 9.17) is 11.7 Å². The van der Waals surface area contributed by atoms with Crippen LogP contribution in [0, 0.1) is 0 Å². The van der Waals surface area contributed by atoms with Gasteiger partial charge in [0.05, 0.1) is 0 Å². The molecule has 0 fully saturated rings. The number of rotatable bonds is 4. The minimum atomic E-state index is 0.427. The van der Waals surface area contributed by atoms with Crippen LogP contribution in [0.2, 0.25) is 0 Å². The molecule has 4 N–H and O–H groups in total. The fourth-order valence-electron chi connectivity index (χ4n) is 2.16. The molecule has 10 nitrogen and oxygen atoms in total. The molecule has 0 saturated heterocycles. The molecule has 0 aliphatic carbocycles. The predicted octanol–water partition coefficient (Wildman–Crippen LogP) is 0.572. The smallest absolute Gasteiger partial charge is 0.217 e. The molecular weight excluding hydrogens is 340 g/mol. The van der Waals surface area contributed by atoms with E-state index in [-0.39, 0.29) is 0 Å².